The lowest BCUT2D eigenvalue weighted by Crippen LogP contribution is -2.41. The molecule has 4 nitrogen and oxygen atoms in total. The number of nitrogens with one attached hydrogen (secondary N) is 1. The zero-order valence-electron chi connectivity index (χ0n) is 12.3. The summed E-state index contributed by atoms with van der Waals surface area (Å²) in [4.78, 5) is 13.9. The molecule has 0 aliphatic carbocycles. The number of amides is 1. The van der Waals surface area contributed by atoms with E-state index < -0.39 is 0 Å². The lowest BCUT2D eigenvalue weighted by Gasteiger charge is -2.19. The van der Waals surface area contributed by atoms with Gasteiger partial charge in [0.1, 0.15) is 0 Å². The molecular formula is C15H25N3OS. The van der Waals surface area contributed by atoms with E-state index in [0.717, 1.165) is 25.1 Å². The molecule has 0 heterocycles. The maximum absolute atomic E-state index is 11.7. The molecule has 0 aliphatic heterocycles. The Labute approximate surface area is 126 Å². The standard InChI is InChI=1S/C15H25N3OS/c1-18(13-7-4-3-5-8-13)11-6-10-17-15(19)14(16)9-12-20-2/h3-5,7-8,14H,6,9-12,16H2,1-2H3,(H,17,19)/t14-/m1/s1. The van der Waals surface area contributed by atoms with E-state index >= 15 is 0 Å². The Morgan fingerprint density at radius 2 is 2.10 bits per heavy atom. The highest BCUT2D eigenvalue weighted by molar-refractivity contribution is 7.98. The first kappa shape index (κ1) is 16.9. The van der Waals surface area contributed by atoms with Gasteiger partial charge in [-0.2, -0.15) is 11.8 Å². The third-order valence-electron chi connectivity index (χ3n) is 3.14. The van der Waals surface area contributed by atoms with Crippen molar-refractivity contribution >= 4 is 23.4 Å². The van der Waals surface area contributed by atoms with Gasteiger partial charge < -0.3 is 16.0 Å². The van der Waals surface area contributed by atoms with E-state index in [4.69, 9.17) is 5.73 Å². The molecule has 1 aromatic carbocycles. The van der Waals surface area contributed by atoms with Gasteiger partial charge in [0.05, 0.1) is 6.04 Å². The van der Waals surface area contributed by atoms with Crippen molar-refractivity contribution in [1.82, 2.24) is 5.32 Å². The molecule has 0 fully saturated rings. The molecule has 1 rings (SSSR count). The van der Waals surface area contributed by atoms with Gasteiger partial charge in [0, 0.05) is 25.8 Å². The quantitative estimate of drug-likeness (QED) is 0.681. The van der Waals surface area contributed by atoms with Crippen molar-refractivity contribution in [3.8, 4) is 0 Å². The van der Waals surface area contributed by atoms with Crippen LogP contribution in [0.1, 0.15) is 12.8 Å². The summed E-state index contributed by atoms with van der Waals surface area (Å²) in [6.07, 6.45) is 3.66. The summed E-state index contributed by atoms with van der Waals surface area (Å²) in [5.41, 5.74) is 6.99. The lowest BCUT2D eigenvalue weighted by molar-refractivity contribution is -0.122. The maximum Gasteiger partial charge on any atom is 0.236 e. The first-order valence-corrected chi connectivity index (χ1v) is 8.33. The fraction of sp³-hybridized carbons (Fsp3) is 0.533. The molecule has 0 aliphatic rings. The molecule has 20 heavy (non-hydrogen) atoms. The molecule has 0 saturated heterocycles. The second kappa shape index (κ2) is 9.66. The van der Waals surface area contributed by atoms with Gasteiger partial charge in [-0.15, -0.1) is 0 Å². The number of rotatable bonds is 9. The first-order chi connectivity index (χ1) is 9.65. The Balaban J connectivity index is 2.17. The third-order valence-corrected chi connectivity index (χ3v) is 3.78. The van der Waals surface area contributed by atoms with Gasteiger partial charge >= 0.3 is 0 Å². The topological polar surface area (TPSA) is 58.4 Å². The predicted molar refractivity (Wildman–Crippen MR) is 88.3 cm³/mol. The van der Waals surface area contributed by atoms with Crippen molar-refractivity contribution in [2.45, 2.75) is 18.9 Å². The molecule has 0 radical (unpaired) electrons. The van der Waals surface area contributed by atoms with Gasteiger partial charge in [-0.3, -0.25) is 4.79 Å². The number of carbonyl (C=O) groups is 1. The van der Waals surface area contributed by atoms with Crippen LogP contribution in [0.15, 0.2) is 30.3 Å². The summed E-state index contributed by atoms with van der Waals surface area (Å²) in [5, 5.41) is 2.90. The smallest absolute Gasteiger partial charge is 0.236 e. The van der Waals surface area contributed by atoms with Gasteiger partial charge in [-0.1, -0.05) is 18.2 Å². The highest BCUT2D eigenvalue weighted by Crippen LogP contribution is 2.10. The van der Waals surface area contributed by atoms with Crippen LogP contribution in [-0.4, -0.2) is 44.1 Å². The number of anilines is 1. The van der Waals surface area contributed by atoms with E-state index in [-0.39, 0.29) is 11.9 Å². The van der Waals surface area contributed by atoms with E-state index in [1.165, 1.54) is 5.69 Å². The zero-order chi connectivity index (χ0) is 14.8. The van der Waals surface area contributed by atoms with Gasteiger partial charge in [-0.25, -0.2) is 0 Å². The summed E-state index contributed by atoms with van der Waals surface area (Å²) < 4.78 is 0. The minimum Gasteiger partial charge on any atom is -0.375 e. The SMILES string of the molecule is CSCC[C@@H](N)C(=O)NCCCN(C)c1ccccc1. The number of hydrogen-bond acceptors (Lipinski definition) is 4. The van der Waals surface area contributed by atoms with E-state index in [1.807, 2.05) is 24.5 Å². The largest absolute Gasteiger partial charge is 0.375 e. The highest BCUT2D eigenvalue weighted by Gasteiger charge is 2.11. The van der Waals surface area contributed by atoms with Crippen LogP contribution in [0.25, 0.3) is 0 Å². The minimum absolute atomic E-state index is 0.0404. The van der Waals surface area contributed by atoms with Crippen molar-refractivity contribution in [2.24, 2.45) is 5.73 Å². The van der Waals surface area contributed by atoms with E-state index in [2.05, 4.69) is 29.4 Å². The molecule has 0 aromatic heterocycles. The fourth-order valence-electron chi connectivity index (χ4n) is 1.85. The minimum atomic E-state index is -0.380. The molecule has 0 spiro atoms. The van der Waals surface area contributed by atoms with E-state index in [1.54, 1.807) is 11.8 Å². The Hall–Kier alpha value is -1.20. The number of para-hydroxylation sites is 1. The predicted octanol–water partition coefficient (Wildman–Crippen LogP) is 1.71. The average molecular weight is 295 g/mol. The second-order valence-corrected chi connectivity index (χ2v) is 5.78. The number of nitrogens with two attached hydrogens (primary N) is 1. The van der Waals surface area contributed by atoms with Crippen molar-refractivity contribution in [3.63, 3.8) is 0 Å². The summed E-state index contributed by atoms with van der Waals surface area (Å²) in [7, 11) is 2.06. The summed E-state index contributed by atoms with van der Waals surface area (Å²) >= 11 is 1.71. The van der Waals surface area contributed by atoms with Crippen molar-refractivity contribution in [3.05, 3.63) is 30.3 Å². The van der Waals surface area contributed by atoms with Gasteiger partial charge in [0.2, 0.25) is 5.91 Å². The van der Waals surface area contributed by atoms with Crippen molar-refractivity contribution < 1.29 is 4.79 Å². The molecule has 0 saturated carbocycles. The normalized spacial score (nSPS) is 11.9. The van der Waals surface area contributed by atoms with E-state index in [9.17, 15) is 4.79 Å². The number of thioether (sulfide) groups is 1. The number of benzene rings is 1. The first-order valence-electron chi connectivity index (χ1n) is 6.93. The molecule has 0 bridgehead atoms. The van der Waals surface area contributed by atoms with Crippen LogP contribution in [0.3, 0.4) is 0 Å². The van der Waals surface area contributed by atoms with Gasteiger partial charge in [0.25, 0.3) is 0 Å². The second-order valence-electron chi connectivity index (χ2n) is 4.79. The molecule has 112 valence electrons. The van der Waals surface area contributed by atoms with E-state index in [0.29, 0.717) is 6.54 Å². The van der Waals surface area contributed by atoms with Crippen LogP contribution in [0, 0.1) is 0 Å². The zero-order valence-corrected chi connectivity index (χ0v) is 13.2. The molecule has 3 N–H and O–H groups in total. The van der Waals surface area contributed by atoms with Crippen LogP contribution in [0.4, 0.5) is 5.69 Å². The molecule has 5 heteroatoms. The lowest BCUT2D eigenvalue weighted by atomic mass is 10.2. The van der Waals surface area contributed by atoms with Crippen LogP contribution in [0.5, 0.6) is 0 Å². The molecule has 1 atom stereocenters. The highest BCUT2D eigenvalue weighted by atomic mass is 32.2. The fourth-order valence-corrected chi connectivity index (χ4v) is 2.34. The molecular weight excluding hydrogens is 270 g/mol. The number of nitrogens with zero attached hydrogens (tertiary/aromatic N) is 1. The Morgan fingerprint density at radius 3 is 2.75 bits per heavy atom. The van der Waals surface area contributed by atoms with Crippen molar-refractivity contribution in [1.29, 1.82) is 0 Å². The number of hydrogen-bond donors (Lipinski definition) is 2. The molecule has 0 unspecified atom stereocenters. The average Bonchev–Trinajstić information content (AvgIpc) is 2.49. The Kier molecular flexibility index (Phi) is 8.14. The van der Waals surface area contributed by atoms with Gasteiger partial charge in [-0.05, 0) is 37.0 Å². The van der Waals surface area contributed by atoms with Gasteiger partial charge in [0.15, 0.2) is 0 Å². The molecule has 1 aromatic rings. The Bertz CT molecular complexity index is 386. The van der Waals surface area contributed by atoms with Crippen molar-refractivity contribution in [2.75, 3.05) is 37.0 Å². The summed E-state index contributed by atoms with van der Waals surface area (Å²) in [5.74, 6) is 0.882. The summed E-state index contributed by atoms with van der Waals surface area (Å²) in [6.45, 7) is 1.58. The van der Waals surface area contributed by atoms with Crippen LogP contribution in [-0.2, 0) is 4.79 Å². The monoisotopic (exact) mass is 295 g/mol. The summed E-state index contributed by atoms with van der Waals surface area (Å²) in [6, 6.07) is 9.84. The number of carbonyl (C=O) groups excluding carboxylic acids is 1. The Morgan fingerprint density at radius 1 is 1.40 bits per heavy atom. The maximum atomic E-state index is 11.7. The van der Waals surface area contributed by atoms with Crippen LogP contribution in [0.2, 0.25) is 0 Å². The molecule has 1 amide bonds. The third kappa shape index (κ3) is 6.30. The van der Waals surface area contributed by atoms with Crippen LogP contribution >= 0.6 is 11.8 Å². The van der Waals surface area contributed by atoms with Crippen LogP contribution < -0.4 is 16.0 Å².